The number of aromatic nitrogens is 1. The van der Waals surface area contributed by atoms with E-state index in [1.165, 1.54) is 31.5 Å². The smallest absolute Gasteiger partial charge is 0.283 e. The van der Waals surface area contributed by atoms with Crippen molar-refractivity contribution in [2.45, 2.75) is 6.92 Å². The Morgan fingerprint density at radius 1 is 1.27 bits per heavy atom. The SMILES string of the molecule is COn1c(-c2ccc(F)cc2)c(N/C=C(/C)C=N)ccc1=O. The van der Waals surface area contributed by atoms with Gasteiger partial charge in [-0.2, -0.15) is 0 Å². The van der Waals surface area contributed by atoms with Crippen molar-refractivity contribution in [3.05, 3.63) is 64.3 Å². The zero-order chi connectivity index (χ0) is 16.1. The molecule has 6 heteroatoms. The van der Waals surface area contributed by atoms with Gasteiger partial charge in [0, 0.05) is 24.0 Å². The number of anilines is 1. The summed E-state index contributed by atoms with van der Waals surface area (Å²) in [6.07, 6.45) is 2.84. The second-order valence-electron chi connectivity index (χ2n) is 4.59. The quantitative estimate of drug-likeness (QED) is 0.834. The van der Waals surface area contributed by atoms with Crippen LogP contribution in [0.4, 0.5) is 10.1 Å². The molecule has 1 aromatic carbocycles. The summed E-state index contributed by atoms with van der Waals surface area (Å²) in [6.45, 7) is 1.77. The summed E-state index contributed by atoms with van der Waals surface area (Å²) < 4.78 is 14.2. The van der Waals surface area contributed by atoms with Gasteiger partial charge in [0.05, 0.1) is 5.69 Å². The summed E-state index contributed by atoms with van der Waals surface area (Å²) in [6, 6.07) is 8.75. The molecule has 0 fully saturated rings. The van der Waals surface area contributed by atoms with Gasteiger partial charge in [-0.05, 0) is 42.8 Å². The lowest BCUT2D eigenvalue weighted by molar-refractivity contribution is 0.162. The molecular weight excluding hydrogens is 285 g/mol. The number of halogens is 1. The molecule has 5 nitrogen and oxygen atoms in total. The van der Waals surface area contributed by atoms with Gasteiger partial charge in [-0.3, -0.25) is 4.79 Å². The molecule has 114 valence electrons. The first kappa shape index (κ1) is 15.5. The van der Waals surface area contributed by atoms with Crippen LogP contribution in [-0.2, 0) is 0 Å². The van der Waals surface area contributed by atoms with Crippen molar-refractivity contribution in [2.24, 2.45) is 0 Å². The molecule has 0 saturated heterocycles. The van der Waals surface area contributed by atoms with E-state index in [2.05, 4.69) is 5.32 Å². The van der Waals surface area contributed by atoms with Crippen molar-refractivity contribution in [1.29, 1.82) is 5.41 Å². The highest BCUT2D eigenvalue weighted by Gasteiger charge is 2.12. The zero-order valence-electron chi connectivity index (χ0n) is 12.3. The summed E-state index contributed by atoms with van der Waals surface area (Å²) in [4.78, 5) is 17.1. The van der Waals surface area contributed by atoms with Crippen LogP contribution in [0.2, 0.25) is 0 Å². The first-order valence-electron chi connectivity index (χ1n) is 6.57. The molecule has 2 rings (SSSR count). The number of hydrogen-bond acceptors (Lipinski definition) is 4. The molecule has 0 amide bonds. The molecule has 2 aromatic rings. The monoisotopic (exact) mass is 301 g/mol. The third-order valence-electron chi connectivity index (χ3n) is 3.03. The average Bonchev–Trinajstić information content (AvgIpc) is 2.53. The Balaban J connectivity index is 2.61. The lowest BCUT2D eigenvalue weighted by Gasteiger charge is -2.15. The number of benzene rings is 1. The number of nitrogens with one attached hydrogen (secondary N) is 2. The summed E-state index contributed by atoms with van der Waals surface area (Å²) in [5.74, 6) is -0.361. The fourth-order valence-electron chi connectivity index (χ4n) is 1.93. The van der Waals surface area contributed by atoms with Crippen LogP contribution in [0.25, 0.3) is 11.3 Å². The van der Waals surface area contributed by atoms with Crippen LogP contribution in [-0.4, -0.2) is 18.1 Å². The van der Waals surface area contributed by atoms with E-state index in [1.54, 1.807) is 31.3 Å². The first-order valence-corrected chi connectivity index (χ1v) is 6.57. The normalized spacial score (nSPS) is 11.1. The minimum atomic E-state index is -0.361. The third-order valence-corrected chi connectivity index (χ3v) is 3.03. The van der Waals surface area contributed by atoms with Crippen molar-refractivity contribution < 1.29 is 9.23 Å². The molecule has 0 unspecified atom stereocenters. The molecule has 0 aliphatic rings. The van der Waals surface area contributed by atoms with E-state index in [9.17, 15) is 9.18 Å². The minimum Gasteiger partial charge on any atom is -0.413 e. The highest BCUT2D eigenvalue weighted by Crippen LogP contribution is 2.26. The molecule has 0 aliphatic heterocycles. The predicted molar refractivity (Wildman–Crippen MR) is 84.8 cm³/mol. The van der Waals surface area contributed by atoms with Crippen molar-refractivity contribution in [3.63, 3.8) is 0 Å². The Bertz CT molecular complexity index is 764. The van der Waals surface area contributed by atoms with E-state index in [0.717, 1.165) is 4.73 Å². The highest BCUT2D eigenvalue weighted by molar-refractivity contribution is 5.78. The van der Waals surface area contributed by atoms with Gasteiger partial charge in [0.2, 0.25) is 0 Å². The second-order valence-corrected chi connectivity index (χ2v) is 4.59. The number of allylic oxidation sites excluding steroid dienone is 1. The average molecular weight is 301 g/mol. The fourth-order valence-corrected chi connectivity index (χ4v) is 1.93. The molecule has 1 heterocycles. The molecule has 2 N–H and O–H groups in total. The predicted octanol–water partition coefficient (Wildman–Crippen LogP) is 2.68. The van der Waals surface area contributed by atoms with E-state index < -0.39 is 0 Å². The van der Waals surface area contributed by atoms with Crippen LogP contribution in [0.5, 0.6) is 0 Å². The number of hydrogen-bond donors (Lipinski definition) is 2. The Kier molecular flexibility index (Phi) is 4.73. The number of nitrogens with zero attached hydrogens (tertiary/aromatic N) is 1. The summed E-state index contributed by atoms with van der Waals surface area (Å²) >= 11 is 0. The largest absolute Gasteiger partial charge is 0.413 e. The van der Waals surface area contributed by atoms with Crippen LogP contribution < -0.4 is 15.7 Å². The maximum atomic E-state index is 13.1. The van der Waals surface area contributed by atoms with E-state index >= 15 is 0 Å². The second kappa shape index (κ2) is 6.71. The van der Waals surface area contributed by atoms with Crippen molar-refractivity contribution in [2.75, 3.05) is 12.4 Å². The van der Waals surface area contributed by atoms with Gasteiger partial charge in [-0.25, -0.2) is 4.39 Å². The van der Waals surface area contributed by atoms with Crippen LogP contribution in [0.1, 0.15) is 6.92 Å². The Hall–Kier alpha value is -2.89. The minimum absolute atomic E-state index is 0.333. The topological polar surface area (TPSA) is 67.1 Å². The van der Waals surface area contributed by atoms with Gasteiger partial charge in [0.25, 0.3) is 5.56 Å². The number of rotatable bonds is 5. The van der Waals surface area contributed by atoms with E-state index in [0.29, 0.717) is 22.5 Å². The maximum Gasteiger partial charge on any atom is 0.283 e. The van der Waals surface area contributed by atoms with Crippen LogP contribution in [0.15, 0.2) is 53.0 Å². The zero-order valence-corrected chi connectivity index (χ0v) is 12.3. The summed E-state index contributed by atoms with van der Waals surface area (Å²) in [5.41, 5.74) is 2.09. The number of pyridine rings is 1. The highest BCUT2D eigenvalue weighted by atomic mass is 19.1. The molecule has 22 heavy (non-hydrogen) atoms. The molecule has 0 radical (unpaired) electrons. The Morgan fingerprint density at radius 2 is 1.95 bits per heavy atom. The Labute approximate surface area is 127 Å². The molecule has 0 bridgehead atoms. The summed E-state index contributed by atoms with van der Waals surface area (Å²) in [5, 5.41) is 10.2. The van der Waals surface area contributed by atoms with Crippen LogP contribution >= 0.6 is 0 Å². The Morgan fingerprint density at radius 3 is 2.55 bits per heavy atom. The summed E-state index contributed by atoms with van der Waals surface area (Å²) in [7, 11) is 1.39. The first-order chi connectivity index (χ1) is 10.6. The van der Waals surface area contributed by atoms with Gasteiger partial charge in [-0.15, -0.1) is 4.73 Å². The van der Waals surface area contributed by atoms with Gasteiger partial charge >= 0.3 is 0 Å². The lowest BCUT2D eigenvalue weighted by Crippen LogP contribution is -2.26. The van der Waals surface area contributed by atoms with Gasteiger partial charge < -0.3 is 15.6 Å². The third kappa shape index (κ3) is 3.22. The lowest BCUT2D eigenvalue weighted by atomic mass is 10.1. The van der Waals surface area contributed by atoms with Crippen molar-refractivity contribution in [1.82, 2.24) is 4.73 Å². The molecule has 0 atom stereocenters. The molecule has 1 aromatic heterocycles. The molecular formula is C16H16FN3O2. The van der Waals surface area contributed by atoms with E-state index in [-0.39, 0.29) is 11.4 Å². The van der Waals surface area contributed by atoms with Crippen molar-refractivity contribution >= 4 is 11.9 Å². The molecule has 0 aliphatic carbocycles. The van der Waals surface area contributed by atoms with Crippen LogP contribution in [0.3, 0.4) is 0 Å². The van der Waals surface area contributed by atoms with E-state index in [1.807, 2.05) is 0 Å². The molecule has 0 saturated carbocycles. The molecule has 0 spiro atoms. The van der Waals surface area contributed by atoms with Gasteiger partial charge in [0.15, 0.2) is 0 Å². The van der Waals surface area contributed by atoms with Crippen molar-refractivity contribution in [3.8, 4) is 11.3 Å². The van der Waals surface area contributed by atoms with Crippen LogP contribution in [0, 0.1) is 11.2 Å². The van der Waals surface area contributed by atoms with E-state index in [4.69, 9.17) is 10.2 Å². The van der Waals surface area contributed by atoms with Gasteiger partial charge in [-0.1, -0.05) is 0 Å². The standard InChI is InChI=1S/C16H16FN3O2/c1-11(9-18)10-19-14-7-8-15(21)20(22-2)16(14)12-3-5-13(17)6-4-12/h3-10,18-19H,1-2H3/b11-10-,18-9?. The maximum absolute atomic E-state index is 13.1. The fraction of sp³-hybridized carbons (Fsp3) is 0.125. The van der Waals surface area contributed by atoms with Gasteiger partial charge in [0.1, 0.15) is 18.6 Å².